The molecule has 0 radical (unpaired) electrons. The van der Waals surface area contributed by atoms with E-state index in [1.165, 1.54) is 6.07 Å². The highest BCUT2D eigenvalue weighted by Gasteiger charge is 2.27. The van der Waals surface area contributed by atoms with Gasteiger partial charge in [0.15, 0.2) is 5.76 Å². The molecule has 0 aliphatic carbocycles. The summed E-state index contributed by atoms with van der Waals surface area (Å²) in [5.74, 6) is 0.159. The molecule has 0 aliphatic heterocycles. The van der Waals surface area contributed by atoms with Gasteiger partial charge in [-0.1, -0.05) is 13.8 Å². The monoisotopic (exact) mass is 317 g/mol. The lowest BCUT2D eigenvalue weighted by molar-refractivity contribution is 0.0864. The van der Waals surface area contributed by atoms with Gasteiger partial charge in [-0.25, -0.2) is 13.1 Å². The average molecular weight is 317 g/mol. The number of furan rings is 1. The van der Waals surface area contributed by atoms with Crippen molar-refractivity contribution < 1.29 is 17.6 Å². The summed E-state index contributed by atoms with van der Waals surface area (Å²) in [6, 6.07) is 3.08. The molecule has 1 amide bonds. The molecule has 0 atom stereocenters. The summed E-state index contributed by atoms with van der Waals surface area (Å²) in [5, 5.41) is 2.89. The number of amides is 1. The molecule has 0 spiro atoms. The zero-order valence-corrected chi connectivity index (χ0v) is 13.4. The first kappa shape index (κ1) is 17.7. The minimum absolute atomic E-state index is 0.00962. The fraction of sp³-hybridized carbons (Fsp3) is 0.615. The second-order valence-electron chi connectivity index (χ2n) is 5.00. The number of rotatable bonds is 8. The minimum atomic E-state index is -3.30. The second kappa shape index (κ2) is 7.06. The van der Waals surface area contributed by atoms with E-state index in [0.29, 0.717) is 12.3 Å². The maximum atomic E-state index is 12.2. The summed E-state index contributed by atoms with van der Waals surface area (Å²) in [4.78, 5) is 12.2. The normalized spacial score (nSPS) is 12.4. The van der Waals surface area contributed by atoms with Crippen LogP contribution in [-0.4, -0.2) is 32.7 Å². The average Bonchev–Trinajstić information content (AvgIpc) is 2.91. The molecule has 21 heavy (non-hydrogen) atoms. The molecule has 1 rings (SSSR count). The Labute approximate surface area is 125 Å². The summed E-state index contributed by atoms with van der Waals surface area (Å²) < 4.78 is 29.6. The van der Waals surface area contributed by atoms with Gasteiger partial charge in [0.05, 0.1) is 18.3 Å². The van der Waals surface area contributed by atoms with E-state index in [2.05, 4.69) is 10.0 Å². The molecule has 0 bridgehead atoms. The van der Waals surface area contributed by atoms with E-state index in [1.54, 1.807) is 6.07 Å². The van der Waals surface area contributed by atoms with Crippen molar-refractivity contribution >= 4 is 15.9 Å². The molecule has 0 aliphatic rings. The Morgan fingerprint density at radius 3 is 2.43 bits per heavy atom. The van der Waals surface area contributed by atoms with Crippen LogP contribution in [0.2, 0.25) is 0 Å². The molecule has 4 N–H and O–H groups in total. The predicted molar refractivity (Wildman–Crippen MR) is 80.2 cm³/mol. The minimum Gasteiger partial charge on any atom is -0.455 e. The molecule has 8 heteroatoms. The van der Waals surface area contributed by atoms with E-state index in [9.17, 15) is 13.2 Å². The van der Waals surface area contributed by atoms with Crippen molar-refractivity contribution in [3.05, 3.63) is 23.7 Å². The van der Waals surface area contributed by atoms with Gasteiger partial charge in [0.25, 0.3) is 5.91 Å². The lowest BCUT2D eigenvalue weighted by atomic mass is 9.93. The molecule has 0 unspecified atom stereocenters. The van der Waals surface area contributed by atoms with Gasteiger partial charge in [-0.3, -0.25) is 4.79 Å². The Morgan fingerprint density at radius 1 is 1.33 bits per heavy atom. The van der Waals surface area contributed by atoms with Crippen LogP contribution in [0.25, 0.3) is 0 Å². The number of sulfonamides is 1. The lowest BCUT2D eigenvalue weighted by Crippen LogP contribution is -2.52. The first-order chi connectivity index (χ1) is 9.75. The number of carbonyl (C=O) groups excluding carboxylic acids is 1. The topological polar surface area (TPSA) is 114 Å². The molecular formula is C13H23N3O4S. The third-order valence-electron chi connectivity index (χ3n) is 3.52. The van der Waals surface area contributed by atoms with Gasteiger partial charge in [0.1, 0.15) is 5.76 Å². The Balaban J connectivity index is 2.74. The molecule has 1 aromatic rings. The van der Waals surface area contributed by atoms with Crippen LogP contribution < -0.4 is 15.8 Å². The van der Waals surface area contributed by atoms with Gasteiger partial charge in [-0.05, 0) is 25.0 Å². The predicted octanol–water partition coefficient (Wildman–Crippen LogP) is 0.576. The first-order valence-corrected chi connectivity index (χ1v) is 8.70. The highest BCUT2D eigenvalue weighted by Crippen LogP contribution is 2.15. The van der Waals surface area contributed by atoms with E-state index in [0.717, 1.165) is 19.1 Å². The van der Waals surface area contributed by atoms with Crippen LogP contribution >= 0.6 is 0 Å². The molecule has 1 aromatic heterocycles. The molecular weight excluding hydrogens is 294 g/mol. The molecule has 0 saturated carbocycles. The van der Waals surface area contributed by atoms with Crippen LogP contribution in [0.5, 0.6) is 0 Å². The summed E-state index contributed by atoms with van der Waals surface area (Å²) in [6.45, 7) is 4.27. The van der Waals surface area contributed by atoms with Crippen LogP contribution in [0.3, 0.4) is 0 Å². The summed E-state index contributed by atoms with van der Waals surface area (Å²) in [5.41, 5.74) is 5.28. The van der Waals surface area contributed by atoms with Crippen molar-refractivity contribution in [3.63, 3.8) is 0 Å². The Kier molecular flexibility index (Phi) is 5.94. The summed E-state index contributed by atoms with van der Waals surface area (Å²) >= 11 is 0. The smallest absolute Gasteiger partial charge is 0.287 e. The van der Waals surface area contributed by atoms with Crippen LogP contribution in [0.15, 0.2) is 16.5 Å². The molecule has 0 fully saturated rings. The summed E-state index contributed by atoms with van der Waals surface area (Å²) in [7, 11) is -3.30. The van der Waals surface area contributed by atoms with Crippen molar-refractivity contribution in [3.8, 4) is 0 Å². The highest BCUT2D eigenvalue weighted by atomic mass is 32.2. The van der Waals surface area contributed by atoms with E-state index in [4.69, 9.17) is 10.2 Å². The Hall–Kier alpha value is -1.38. The number of hydrogen-bond acceptors (Lipinski definition) is 5. The fourth-order valence-corrected chi connectivity index (χ4v) is 2.27. The van der Waals surface area contributed by atoms with Gasteiger partial charge in [0, 0.05) is 6.54 Å². The molecule has 0 saturated heterocycles. The van der Waals surface area contributed by atoms with Gasteiger partial charge in [0.2, 0.25) is 10.0 Å². The maximum Gasteiger partial charge on any atom is 0.287 e. The molecule has 1 heterocycles. The van der Waals surface area contributed by atoms with Gasteiger partial charge < -0.3 is 15.5 Å². The van der Waals surface area contributed by atoms with Crippen molar-refractivity contribution in [2.75, 3.05) is 12.8 Å². The van der Waals surface area contributed by atoms with E-state index >= 15 is 0 Å². The zero-order valence-electron chi connectivity index (χ0n) is 12.6. The zero-order chi connectivity index (χ0) is 16.1. The van der Waals surface area contributed by atoms with E-state index in [1.807, 2.05) is 13.8 Å². The van der Waals surface area contributed by atoms with Crippen LogP contribution in [0, 0.1) is 0 Å². The maximum absolute atomic E-state index is 12.2. The molecule has 0 aromatic carbocycles. The van der Waals surface area contributed by atoms with Gasteiger partial charge in [-0.15, -0.1) is 0 Å². The second-order valence-corrected chi connectivity index (χ2v) is 6.84. The van der Waals surface area contributed by atoms with Crippen LogP contribution in [-0.2, 0) is 16.6 Å². The van der Waals surface area contributed by atoms with E-state index in [-0.39, 0.29) is 18.2 Å². The quantitative estimate of drug-likeness (QED) is 0.648. The SMILES string of the molecule is CCC(CC)(CN)NC(=O)c1ccc(CNS(C)(=O)=O)o1. The third kappa shape index (κ3) is 5.14. The number of nitrogens with two attached hydrogens (primary N) is 1. The lowest BCUT2D eigenvalue weighted by Gasteiger charge is -2.30. The standard InChI is InChI=1S/C13H23N3O4S/c1-4-13(5-2,9-14)16-12(17)11-7-6-10(20-11)8-15-21(3,18)19/h6-7,15H,4-5,8-9,14H2,1-3H3,(H,16,17). The number of nitrogens with one attached hydrogen (secondary N) is 2. The van der Waals surface area contributed by atoms with Gasteiger partial charge >= 0.3 is 0 Å². The van der Waals surface area contributed by atoms with E-state index < -0.39 is 15.6 Å². The first-order valence-electron chi connectivity index (χ1n) is 6.81. The number of carbonyl (C=O) groups is 1. The largest absolute Gasteiger partial charge is 0.455 e. The fourth-order valence-electron chi connectivity index (χ4n) is 1.87. The van der Waals surface area contributed by atoms with Crippen molar-refractivity contribution in [1.82, 2.24) is 10.0 Å². The van der Waals surface area contributed by atoms with Crippen molar-refractivity contribution in [1.29, 1.82) is 0 Å². The highest BCUT2D eigenvalue weighted by molar-refractivity contribution is 7.88. The Bertz CT molecular complexity index is 568. The molecule has 7 nitrogen and oxygen atoms in total. The number of hydrogen-bond donors (Lipinski definition) is 3. The van der Waals surface area contributed by atoms with Crippen LogP contribution in [0.4, 0.5) is 0 Å². The third-order valence-corrected chi connectivity index (χ3v) is 4.19. The Morgan fingerprint density at radius 2 is 1.95 bits per heavy atom. The van der Waals surface area contributed by atoms with Crippen molar-refractivity contribution in [2.24, 2.45) is 5.73 Å². The summed E-state index contributed by atoms with van der Waals surface area (Å²) in [6.07, 6.45) is 2.49. The van der Waals surface area contributed by atoms with Crippen LogP contribution in [0.1, 0.15) is 43.0 Å². The molecule has 120 valence electrons. The van der Waals surface area contributed by atoms with Gasteiger partial charge in [-0.2, -0.15) is 0 Å². The van der Waals surface area contributed by atoms with Crippen molar-refractivity contribution in [2.45, 2.75) is 38.8 Å².